The Hall–Kier alpha value is -4.41. The molecule has 0 radical (unpaired) electrons. The fourth-order valence-electron chi connectivity index (χ4n) is 6.02. The van der Waals surface area contributed by atoms with Crippen LogP contribution in [0.25, 0.3) is 10.9 Å². The van der Waals surface area contributed by atoms with Crippen molar-refractivity contribution in [2.45, 2.75) is 30.3 Å². The number of rotatable bonds is 13. The van der Waals surface area contributed by atoms with Gasteiger partial charge in [-0.25, -0.2) is 27.7 Å². The number of sulfonamides is 1. The number of imidazole rings is 1. The van der Waals surface area contributed by atoms with Crippen LogP contribution < -0.4 is 10.1 Å². The van der Waals surface area contributed by atoms with Crippen LogP contribution in [0.3, 0.4) is 0 Å². The van der Waals surface area contributed by atoms with Gasteiger partial charge in [0.2, 0.25) is 5.88 Å². The minimum absolute atomic E-state index is 0.0256. The molecule has 0 amide bonds. The van der Waals surface area contributed by atoms with Gasteiger partial charge in [-0.2, -0.15) is 17.5 Å². The smallest absolute Gasteiger partial charge is 0.475 e. The van der Waals surface area contributed by atoms with Crippen LogP contribution in [0, 0.1) is 0 Å². The summed E-state index contributed by atoms with van der Waals surface area (Å²) in [6.07, 6.45) is 3.97. The van der Waals surface area contributed by atoms with E-state index in [4.69, 9.17) is 42.4 Å². The number of anilines is 1. The lowest BCUT2D eigenvalue weighted by Gasteiger charge is -2.32. The quantitative estimate of drug-likeness (QED) is 0.0943. The predicted molar refractivity (Wildman–Crippen MR) is 194 cm³/mol. The number of ether oxygens (including phenoxy) is 3. The molecule has 1 fully saturated rings. The zero-order valence-corrected chi connectivity index (χ0v) is 30.3. The molecular formula is C36H34Cl2F3N5O6S. The maximum absolute atomic E-state index is 13.2. The van der Waals surface area contributed by atoms with Crippen molar-refractivity contribution in [1.82, 2.24) is 18.8 Å². The Morgan fingerprint density at radius 1 is 0.887 bits per heavy atom. The van der Waals surface area contributed by atoms with E-state index >= 15 is 0 Å². The third kappa shape index (κ3) is 9.40. The Morgan fingerprint density at radius 3 is 2.11 bits per heavy atom. The second-order valence-electron chi connectivity index (χ2n) is 12.1. The van der Waals surface area contributed by atoms with Crippen LogP contribution in [0.2, 0.25) is 10.0 Å². The number of benzene rings is 3. The second-order valence-corrected chi connectivity index (χ2v) is 14.9. The van der Waals surface area contributed by atoms with Crippen LogP contribution in [-0.4, -0.2) is 84.4 Å². The van der Waals surface area contributed by atoms with Crippen molar-refractivity contribution < 1.29 is 40.6 Å². The van der Waals surface area contributed by atoms with Gasteiger partial charge in [-0.3, -0.25) is 0 Å². The van der Waals surface area contributed by atoms with Gasteiger partial charge in [-0.05, 0) is 65.9 Å². The van der Waals surface area contributed by atoms with Crippen molar-refractivity contribution in [1.29, 1.82) is 0 Å². The molecule has 0 unspecified atom stereocenters. The average molecular weight is 793 g/mol. The number of pyridine rings is 1. The molecule has 3 aromatic carbocycles. The predicted octanol–water partition coefficient (Wildman–Crippen LogP) is 7.72. The summed E-state index contributed by atoms with van der Waals surface area (Å²) >= 11 is 12.4. The number of aromatic nitrogens is 3. The number of fused-ring (bicyclic) bond motifs is 1. The normalized spacial score (nSPS) is 14.5. The second kappa shape index (κ2) is 16.7. The Kier molecular flexibility index (Phi) is 12.1. The lowest BCUT2D eigenvalue weighted by Crippen LogP contribution is -2.47. The molecule has 3 heterocycles. The number of hydrogen-bond acceptors (Lipinski definition) is 9. The number of alkyl halides is 3. The molecule has 0 spiro atoms. The monoisotopic (exact) mass is 791 g/mol. The summed E-state index contributed by atoms with van der Waals surface area (Å²) in [5.74, 6) is 0.0526. The maximum Gasteiger partial charge on any atom is 0.511 e. The molecule has 1 N–H and O–H groups in total. The molecule has 17 heteroatoms. The Bertz CT molecular complexity index is 2070. The fraction of sp³-hybridized carbons (Fsp3) is 0.306. The Balaban J connectivity index is 1.23. The molecule has 2 aromatic heterocycles. The van der Waals surface area contributed by atoms with Gasteiger partial charge >= 0.3 is 21.6 Å². The van der Waals surface area contributed by atoms with Crippen LogP contribution >= 0.6 is 23.2 Å². The van der Waals surface area contributed by atoms with Crippen molar-refractivity contribution in [2.75, 3.05) is 44.8 Å². The van der Waals surface area contributed by atoms with Gasteiger partial charge in [0.05, 0.1) is 18.7 Å². The van der Waals surface area contributed by atoms with Gasteiger partial charge in [0.1, 0.15) is 19.5 Å². The van der Waals surface area contributed by atoms with E-state index in [0.29, 0.717) is 25.6 Å². The molecule has 0 saturated carbocycles. The standard InChI is InChI=1S/C36H34Cl2F3N5O6S/c37-27-6-1-24(2-7-27)34(25-3-8-28(38)9-4-25)26-5-10-31-30(21-26)32(43-29-11-14-46(15-12-29)53(48,49)36(39,40)41)22-33(44-31)51-19-17-50-18-20-52-35(47)45-16-13-42-23-45/h1-10,13,16,21-23,29,34H,11-12,14-15,17-20H2,(H,43,44). The molecule has 11 nitrogen and oxygen atoms in total. The van der Waals surface area contributed by atoms with E-state index in [1.54, 1.807) is 6.07 Å². The highest BCUT2D eigenvalue weighted by Gasteiger charge is 2.50. The van der Waals surface area contributed by atoms with Crippen LogP contribution in [0.15, 0.2) is 91.5 Å². The summed E-state index contributed by atoms with van der Waals surface area (Å²) in [5, 5.41) is 5.35. The number of nitrogens with zero attached hydrogens (tertiary/aromatic N) is 4. The van der Waals surface area contributed by atoms with Gasteiger partial charge in [-0.1, -0.05) is 53.5 Å². The number of carbonyl (C=O) groups excluding carboxylic acids is 1. The minimum atomic E-state index is -5.42. The number of hydrogen-bond donors (Lipinski definition) is 1. The first-order valence-electron chi connectivity index (χ1n) is 16.5. The molecule has 6 rings (SSSR count). The van der Waals surface area contributed by atoms with Crippen molar-refractivity contribution in [3.8, 4) is 5.88 Å². The van der Waals surface area contributed by atoms with Gasteiger partial charge in [0, 0.05) is 64.6 Å². The fourth-order valence-corrected chi connectivity index (χ4v) is 7.26. The average Bonchev–Trinajstić information content (AvgIpc) is 3.68. The molecule has 0 bridgehead atoms. The summed E-state index contributed by atoms with van der Waals surface area (Å²) < 4.78 is 82.0. The number of nitrogens with one attached hydrogen (secondary N) is 1. The van der Waals surface area contributed by atoms with Crippen LogP contribution in [0.1, 0.15) is 35.4 Å². The first kappa shape index (κ1) is 38.3. The van der Waals surface area contributed by atoms with E-state index in [1.807, 2.05) is 66.7 Å². The highest BCUT2D eigenvalue weighted by atomic mass is 35.5. The Morgan fingerprint density at radius 2 is 1.51 bits per heavy atom. The molecule has 0 aliphatic carbocycles. The number of carbonyl (C=O) groups is 1. The Labute approximate surface area is 313 Å². The van der Waals surface area contributed by atoms with E-state index in [9.17, 15) is 26.4 Å². The highest BCUT2D eigenvalue weighted by molar-refractivity contribution is 7.90. The van der Waals surface area contributed by atoms with Crippen molar-refractivity contribution >= 4 is 55.9 Å². The first-order chi connectivity index (χ1) is 25.4. The number of piperidine rings is 1. The summed E-state index contributed by atoms with van der Waals surface area (Å²) in [7, 11) is -5.42. The first-order valence-corrected chi connectivity index (χ1v) is 18.7. The summed E-state index contributed by atoms with van der Waals surface area (Å²) in [4.78, 5) is 20.4. The van der Waals surface area contributed by atoms with Crippen molar-refractivity contribution in [2.24, 2.45) is 0 Å². The lowest BCUT2D eigenvalue weighted by molar-refractivity contribution is -0.0494. The highest BCUT2D eigenvalue weighted by Crippen LogP contribution is 2.38. The molecule has 1 aliphatic heterocycles. The van der Waals surface area contributed by atoms with Gasteiger partial charge in [0.25, 0.3) is 0 Å². The van der Waals surface area contributed by atoms with Crippen LogP contribution in [0.5, 0.6) is 5.88 Å². The third-order valence-corrected chi connectivity index (χ3v) is 10.8. The van der Waals surface area contributed by atoms with Gasteiger partial charge in [-0.15, -0.1) is 0 Å². The largest absolute Gasteiger partial charge is 0.511 e. The van der Waals surface area contributed by atoms with Gasteiger partial charge in [0.15, 0.2) is 0 Å². The summed E-state index contributed by atoms with van der Waals surface area (Å²) in [5.41, 5.74) is -1.28. The van der Waals surface area contributed by atoms with Crippen LogP contribution in [-0.2, 0) is 19.5 Å². The molecule has 1 saturated heterocycles. The molecule has 5 aromatic rings. The van der Waals surface area contributed by atoms with Crippen molar-refractivity contribution in [3.63, 3.8) is 0 Å². The number of halogens is 5. The van der Waals surface area contributed by atoms with E-state index in [0.717, 1.165) is 22.1 Å². The van der Waals surface area contributed by atoms with E-state index in [1.165, 1.54) is 23.3 Å². The maximum atomic E-state index is 13.2. The molecule has 53 heavy (non-hydrogen) atoms. The third-order valence-electron chi connectivity index (χ3n) is 8.64. The zero-order valence-electron chi connectivity index (χ0n) is 28.0. The van der Waals surface area contributed by atoms with Crippen molar-refractivity contribution in [3.05, 3.63) is 118 Å². The van der Waals surface area contributed by atoms with E-state index in [2.05, 4.69) is 10.3 Å². The molecule has 1 aliphatic rings. The molecular weight excluding hydrogens is 758 g/mol. The van der Waals surface area contributed by atoms with E-state index < -0.39 is 21.6 Å². The topological polar surface area (TPSA) is 125 Å². The van der Waals surface area contributed by atoms with E-state index in [-0.39, 0.29) is 70.2 Å². The summed E-state index contributed by atoms with van der Waals surface area (Å²) in [6, 6.07) is 22.3. The molecule has 280 valence electrons. The minimum Gasteiger partial charge on any atom is -0.475 e. The summed E-state index contributed by atoms with van der Waals surface area (Å²) in [6.45, 7) is -0.134. The SMILES string of the molecule is O=C(OCCOCCOc1cc(NC2CCN(S(=O)(=O)C(F)(F)F)CC2)c2cc(C(c3ccc(Cl)cc3)c3ccc(Cl)cc3)ccc2n1)n1ccnc1. The molecule has 0 atom stereocenters. The zero-order chi connectivity index (χ0) is 37.6. The van der Waals surface area contributed by atoms with Gasteiger partial charge < -0.3 is 19.5 Å². The van der Waals surface area contributed by atoms with Crippen LogP contribution in [0.4, 0.5) is 23.7 Å². The lowest BCUT2D eigenvalue weighted by atomic mass is 9.84.